The van der Waals surface area contributed by atoms with E-state index in [1.807, 2.05) is 6.26 Å². The molecule has 0 heterocycles. The summed E-state index contributed by atoms with van der Waals surface area (Å²) >= 11 is 1.66. The zero-order valence-electron chi connectivity index (χ0n) is 7.16. The maximum Gasteiger partial charge on any atom is 0.320 e. The molecule has 0 saturated carbocycles. The predicted octanol–water partition coefficient (Wildman–Crippen LogP) is 1.14. The number of hydrogen-bond acceptors (Lipinski definition) is 3. The molecule has 0 fully saturated rings. The summed E-state index contributed by atoms with van der Waals surface area (Å²) in [7, 11) is 1.67. The first-order valence-corrected chi connectivity index (χ1v) is 4.50. The standard InChI is InChI=1S/C6H13NO2S.HI.H2S/c1-7-5(6(8)9)3-4-10-2;;/h5,7H,3-4H2,1-2H3,(H,8,9);1H;1H2/t5-;;/m0../s1. The van der Waals surface area contributed by atoms with E-state index in [0.29, 0.717) is 6.42 Å². The fraction of sp³-hybridized carbons (Fsp3) is 0.833. The molecule has 0 aliphatic heterocycles. The van der Waals surface area contributed by atoms with Crippen LogP contribution in [0.1, 0.15) is 6.42 Å². The molecule has 0 unspecified atom stereocenters. The monoisotopic (exact) mass is 325 g/mol. The van der Waals surface area contributed by atoms with Gasteiger partial charge in [0.25, 0.3) is 0 Å². The Balaban J connectivity index is -0.000000405. The number of carboxylic acid groups (broad SMARTS) is 1. The van der Waals surface area contributed by atoms with E-state index in [0.717, 1.165) is 5.75 Å². The first-order chi connectivity index (χ1) is 4.72. The van der Waals surface area contributed by atoms with Crippen LogP contribution in [0, 0.1) is 0 Å². The van der Waals surface area contributed by atoms with Crippen molar-refractivity contribution in [2.75, 3.05) is 19.1 Å². The highest BCUT2D eigenvalue weighted by Gasteiger charge is 2.12. The summed E-state index contributed by atoms with van der Waals surface area (Å²) in [6.45, 7) is 0. The third-order valence-corrected chi connectivity index (χ3v) is 1.90. The van der Waals surface area contributed by atoms with Gasteiger partial charge in [-0.05, 0) is 25.5 Å². The van der Waals surface area contributed by atoms with Crippen LogP contribution in [0.5, 0.6) is 0 Å². The molecule has 3 nitrogen and oxygen atoms in total. The summed E-state index contributed by atoms with van der Waals surface area (Å²) in [4.78, 5) is 10.4. The van der Waals surface area contributed by atoms with Gasteiger partial charge in [-0.3, -0.25) is 4.79 Å². The van der Waals surface area contributed by atoms with Crippen LogP contribution in [0.4, 0.5) is 0 Å². The van der Waals surface area contributed by atoms with Crippen molar-refractivity contribution in [1.29, 1.82) is 0 Å². The molecule has 0 radical (unpaired) electrons. The molecule has 0 rings (SSSR count). The Morgan fingerprint density at radius 2 is 2.17 bits per heavy atom. The molecule has 6 heteroatoms. The molecule has 2 N–H and O–H groups in total. The average molecular weight is 325 g/mol. The minimum Gasteiger partial charge on any atom is -0.480 e. The fourth-order valence-electron chi connectivity index (χ4n) is 0.627. The van der Waals surface area contributed by atoms with E-state index in [4.69, 9.17) is 5.11 Å². The minimum absolute atomic E-state index is 0. The van der Waals surface area contributed by atoms with Gasteiger partial charge in [0.2, 0.25) is 0 Å². The summed E-state index contributed by atoms with van der Waals surface area (Å²) in [5, 5.41) is 11.3. The summed E-state index contributed by atoms with van der Waals surface area (Å²) in [6.07, 6.45) is 2.65. The second-order valence-corrected chi connectivity index (χ2v) is 2.95. The first kappa shape index (κ1) is 18.6. The van der Waals surface area contributed by atoms with Gasteiger partial charge in [0.05, 0.1) is 0 Å². The number of rotatable bonds is 5. The van der Waals surface area contributed by atoms with Crippen LogP contribution in [-0.4, -0.2) is 36.2 Å². The van der Waals surface area contributed by atoms with E-state index < -0.39 is 5.97 Å². The molecule has 12 heavy (non-hydrogen) atoms. The van der Waals surface area contributed by atoms with Gasteiger partial charge in [-0.2, -0.15) is 25.3 Å². The molecular formula is C6H16INO2S2. The zero-order chi connectivity index (χ0) is 7.98. The molecular weight excluding hydrogens is 309 g/mol. The highest BCUT2D eigenvalue weighted by atomic mass is 127. The maximum absolute atomic E-state index is 10.4. The van der Waals surface area contributed by atoms with Gasteiger partial charge >= 0.3 is 5.97 Å². The van der Waals surface area contributed by atoms with Crippen molar-refractivity contribution in [1.82, 2.24) is 5.32 Å². The second-order valence-electron chi connectivity index (χ2n) is 1.96. The molecule has 76 valence electrons. The third kappa shape index (κ3) is 8.95. The lowest BCUT2D eigenvalue weighted by atomic mass is 10.2. The normalized spacial score (nSPS) is 10.8. The minimum atomic E-state index is -0.767. The maximum atomic E-state index is 10.4. The molecule has 0 bridgehead atoms. The summed E-state index contributed by atoms with van der Waals surface area (Å²) < 4.78 is 0. The van der Waals surface area contributed by atoms with Gasteiger partial charge in [0, 0.05) is 0 Å². The molecule has 1 atom stereocenters. The van der Waals surface area contributed by atoms with Crippen molar-refractivity contribution in [3.63, 3.8) is 0 Å². The smallest absolute Gasteiger partial charge is 0.320 e. The number of thioether (sulfide) groups is 1. The Labute approximate surface area is 102 Å². The van der Waals surface area contributed by atoms with Gasteiger partial charge in [-0.25, -0.2) is 0 Å². The van der Waals surface area contributed by atoms with Gasteiger partial charge in [0.15, 0.2) is 0 Å². The van der Waals surface area contributed by atoms with Gasteiger partial charge in [0.1, 0.15) is 6.04 Å². The van der Waals surface area contributed by atoms with Crippen LogP contribution in [-0.2, 0) is 4.79 Å². The van der Waals surface area contributed by atoms with Crippen molar-refractivity contribution in [2.24, 2.45) is 0 Å². The Morgan fingerprint density at radius 3 is 2.42 bits per heavy atom. The zero-order valence-corrected chi connectivity index (χ0v) is 11.3. The van der Waals surface area contributed by atoms with Gasteiger partial charge < -0.3 is 10.4 Å². The summed E-state index contributed by atoms with van der Waals surface area (Å²) in [5.41, 5.74) is 0. The van der Waals surface area contributed by atoms with E-state index in [1.165, 1.54) is 0 Å². The number of hydrogen-bond donors (Lipinski definition) is 2. The number of nitrogens with one attached hydrogen (secondary N) is 1. The average Bonchev–Trinajstić information content (AvgIpc) is 1.89. The van der Waals surface area contributed by atoms with Crippen LogP contribution in [0.25, 0.3) is 0 Å². The molecule has 0 aromatic heterocycles. The third-order valence-electron chi connectivity index (χ3n) is 1.26. The van der Waals surface area contributed by atoms with E-state index >= 15 is 0 Å². The van der Waals surface area contributed by atoms with Crippen LogP contribution in [0.15, 0.2) is 0 Å². The van der Waals surface area contributed by atoms with E-state index in [1.54, 1.807) is 18.8 Å². The molecule has 0 aromatic rings. The van der Waals surface area contributed by atoms with E-state index in [9.17, 15) is 4.79 Å². The quantitative estimate of drug-likeness (QED) is 0.745. The highest BCUT2D eigenvalue weighted by Crippen LogP contribution is 1.99. The van der Waals surface area contributed by atoms with Crippen LogP contribution >= 0.6 is 49.2 Å². The predicted molar refractivity (Wildman–Crippen MR) is 69.3 cm³/mol. The van der Waals surface area contributed by atoms with E-state index in [-0.39, 0.29) is 43.5 Å². The Bertz CT molecular complexity index is 116. The number of likely N-dealkylation sites (N-methyl/N-ethyl adjacent to an activating group) is 1. The lowest BCUT2D eigenvalue weighted by molar-refractivity contribution is -0.139. The number of aliphatic carboxylic acids is 1. The summed E-state index contributed by atoms with van der Waals surface area (Å²) in [6, 6.07) is -0.382. The number of halogens is 1. The molecule has 0 spiro atoms. The van der Waals surface area contributed by atoms with Gasteiger partial charge in [-0.15, -0.1) is 24.0 Å². The molecule has 0 aliphatic rings. The SMILES string of the molecule is CN[C@@H](CCSC)C(=O)O.I.S. The molecule has 0 aromatic carbocycles. The Kier molecular flexibility index (Phi) is 18.4. The Hall–Kier alpha value is 0.860. The van der Waals surface area contributed by atoms with Crippen molar-refractivity contribution < 1.29 is 9.90 Å². The molecule has 0 saturated heterocycles. The van der Waals surface area contributed by atoms with E-state index in [2.05, 4.69) is 5.32 Å². The topological polar surface area (TPSA) is 49.3 Å². The van der Waals surface area contributed by atoms with Crippen molar-refractivity contribution in [3.05, 3.63) is 0 Å². The van der Waals surface area contributed by atoms with Crippen LogP contribution < -0.4 is 5.32 Å². The van der Waals surface area contributed by atoms with Crippen LogP contribution in [0.3, 0.4) is 0 Å². The highest BCUT2D eigenvalue weighted by molar-refractivity contribution is 14.0. The second kappa shape index (κ2) is 11.9. The fourth-order valence-corrected chi connectivity index (χ4v) is 1.10. The lowest BCUT2D eigenvalue weighted by Crippen LogP contribution is -2.34. The number of carboxylic acids is 1. The van der Waals surface area contributed by atoms with Crippen molar-refractivity contribution in [3.8, 4) is 0 Å². The number of carbonyl (C=O) groups is 1. The lowest BCUT2D eigenvalue weighted by Gasteiger charge is -2.08. The summed E-state index contributed by atoms with van der Waals surface area (Å²) in [5.74, 6) is 0.120. The Morgan fingerprint density at radius 1 is 1.67 bits per heavy atom. The first-order valence-electron chi connectivity index (χ1n) is 3.11. The van der Waals surface area contributed by atoms with Crippen molar-refractivity contribution in [2.45, 2.75) is 12.5 Å². The van der Waals surface area contributed by atoms with Gasteiger partial charge in [-0.1, -0.05) is 0 Å². The molecule has 0 amide bonds. The van der Waals surface area contributed by atoms with Crippen LogP contribution in [0.2, 0.25) is 0 Å². The largest absolute Gasteiger partial charge is 0.480 e. The molecule has 0 aliphatic carbocycles. The van der Waals surface area contributed by atoms with Crippen molar-refractivity contribution >= 4 is 55.2 Å².